The van der Waals surface area contributed by atoms with Crippen LogP contribution in [0.15, 0.2) is 0 Å². The molecule has 1 saturated heterocycles. The lowest BCUT2D eigenvalue weighted by Crippen LogP contribution is -2.63. The van der Waals surface area contributed by atoms with Gasteiger partial charge in [0.05, 0.1) is 12.7 Å². The van der Waals surface area contributed by atoms with Crippen molar-refractivity contribution in [1.29, 1.82) is 0 Å². The highest BCUT2D eigenvalue weighted by Gasteiger charge is 2.36. The minimum atomic E-state index is -0.667. The molecule has 18 heavy (non-hydrogen) atoms. The van der Waals surface area contributed by atoms with Crippen molar-refractivity contribution in [2.45, 2.75) is 51.8 Å². The zero-order chi connectivity index (χ0) is 13.8. The third-order valence-corrected chi connectivity index (χ3v) is 3.68. The fourth-order valence-corrected chi connectivity index (χ4v) is 2.50. The van der Waals surface area contributed by atoms with Gasteiger partial charge in [-0.2, -0.15) is 0 Å². The van der Waals surface area contributed by atoms with Crippen LogP contribution in [0.5, 0.6) is 0 Å². The van der Waals surface area contributed by atoms with Crippen molar-refractivity contribution in [2.24, 2.45) is 5.73 Å². The van der Waals surface area contributed by atoms with Gasteiger partial charge in [0.25, 0.3) is 0 Å². The van der Waals surface area contributed by atoms with E-state index < -0.39 is 5.54 Å². The molecule has 0 radical (unpaired) electrons. The van der Waals surface area contributed by atoms with Crippen molar-refractivity contribution in [1.82, 2.24) is 10.2 Å². The molecule has 1 rings (SSSR count). The number of ether oxygens (including phenoxy) is 1. The number of carbonyl (C=O) groups is 1. The number of carbonyl (C=O) groups excluding carboxylic acids is 1. The summed E-state index contributed by atoms with van der Waals surface area (Å²) in [4.78, 5) is 14.0. The number of nitrogens with one attached hydrogen (secondary N) is 1. The van der Waals surface area contributed by atoms with E-state index in [1.54, 1.807) is 0 Å². The van der Waals surface area contributed by atoms with Crippen molar-refractivity contribution in [3.8, 4) is 0 Å². The second-order valence-corrected chi connectivity index (χ2v) is 5.36. The third kappa shape index (κ3) is 3.67. The number of likely N-dealkylation sites (N-methyl/N-ethyl adjacent to an activating group) is 1. The fraction of sp³-hybridized carbons (Fsp3) is 0.923. The molecule has 0 aromatic carbocycles. The van der Waals surface area contributed by atoms with Crippen LogP contribution in [-0.2, 0) is 9.53 Å². The Morgan fingerprint density at radius 2 is 2.22 bits per heavy atom. The van der Waals surface area contributed by atoms with E-state index >= 15 is 0 Å². The SMILES string of the molecule is CCNC(C)(CN1CC(C)OCC1CC)C(N)=O. The van der Waals surface area contributed by atoms with E-state index in [2.05, 4.69) is 24.1 Å². The minimum Gasteiger partial charge on any atom is -0.376 e. The van der Waals surface area contributed by atoms with Crippen LogP contribution in [-0.4, -0.2) is 54.7 Å². The van der Waals surface area contributed by atoms with Gasteiger partial charge in [-0.25, -0.2) is 0 Å². The summed E-state index contributed by atoms with van der Waals surface area (Å²) in [6.07, 6.45) is 1.24. The quantitative estimate of drug-likeness (QED) is 0.720. The van der Waals surface area contributed by atoms with Crippen molar-refractivity contribution in [2.75, 3.05) is 26.2 Å². The van der Waals surface area contributed by atoms with Crippen molar-refractivity contribution in [3.63, 3.8) is 0 Å². The summed E-state index contributed by atoms with van der Waals surface area (Å²) in [7, 11) is 0. The summed E-state index contributed by atoms with van der Waals surface area (Å²) in [5.41, 5.74) is 4.87. The second kappa shape index (κ2) is 6.50. The van der Waals surface area contributed by atoms with Gasteiger partial charge >= 0.3 is 0 Å². The summed E-state index contributed by atoms with van der Waals surface area (Å²) in [5, 5.41) is 3.21. The van der Waals surface area contributed by atoms with Crippen LogP contribution in [0.3, 0.4) is 0 Å². The van der Waals surface area contributed by atoms with E-state index in [4.69, 9.17) is 10.5 Å². The van der Waals surface area contributed by atoms with Gasteiger partial charge in [-0.3, -0.25) is 9.69 Å². The normalized spacial score (nSPS) is 28.9. The van der Waals surface area contributed by atoms with Gasteiger partial charge in [-0.05, 0) is 26.8 Å². The molecular formula is C13H27N3O2. The first-order chi connectivity index (χ1) is 8.42. The molecule has 1 amide bonds. The van der Waals surface area contributed by atoms with Gasteiger partial charge in [0.1, 0.15) is 5.54 Å². The second-order valence-electron chi connectivity index (χ2n) is 5.36. The van der Waals surface area contributed by atoms with E-state index in [0.717, 1.165) is 26.1 Å². The maximum atomic E-state index is 11.7. The third-order valence-electron chi connectivity index (χ3n) is 3.68. The van der Waals surface area contributed by atoms with Crippen LogP contribution in [0.4, 0.5) is 0 Å². The monoisotopic (exact) mass is 257 g/mol. The van der Waals surface area contributed by atoms with E-state index in [1.165, 1.54) is 0 Å². The molecule has 0 aromatic rings. The number of rotatable bonds is 6. The first kappa shape index (κ1) is 15.4. The number of primary amides is 1. The number of hydrogen-bond acceptors (Lipinski definition) is 4. The highest BCUT2D eigenvalue weighted by atomic mass is 16.5. The molecule has 0 saturated carbocycles. The summed E-state index contributed by atoms with van der Waals surface area (Å²) in [6, 6.07) is 0.374. The Morgan fingerprint density at radius 3 is 2.72 bits per heavy atom. The molecule has 1 heterocycles. The van der Waals surface area contributed by atoms with Crippen LogP contribution >= 0.6 is 0 Å². The van der Waals surface area contributed by atoms with Gasteiger partial charge in [-0.1, -0.05) is 13.8 Å². The molecule has 5 nitrogen and oxygen atoms in total. The Hall–Kier alpha value is -0.650. The number of morpholine rings is 1. The van der Waals surface area contributed by atoms with Gasteiger partial charge in [0.15, 0.2) is 0 Å². The van der Waals surface area contributed by atoms with E-state index in [1.807, 2.05) is 13.8 Å². The smallest absolute Gasteiger partial charge is 0.238 e. The van der Waals surface area contributed by atoms with Crippen molar-refractivity contribution >= 4 is 5.91 Å². The first-order valence-electron chi connectivity index (χ1n) is 6.83. The van der Waals surface area contributed by atoms with Gasteiger partial charge in [-0.15, -0.1) is 0 Å². The average Bonchev–Trinajstić information content (AvgIpc) is 2.29. The lowest BCUT2D eigenvalue weighted by molar-refractivity contribution is -0.126. The van der Waals surface area contributed by atoms with Crippen molar-refractivity contribution in [3.05, 3.63) is 0 Å². The summed E-state index contributed by atoms with van der Waals surface area (Å²) in [6.45, 7) is 11.0. The van der Waals surface area contributed by atoms with E-state index in [-0.39, 0.29) is 12.0 Å². The molecule has 0 aliphatic carbocycles. The predicted octanol–water partition coefficient (Wildman–Crippen LogP) is 0.339. The Morgan fingerprint density at radius 1 is 1.56 bits per heavy atom. The topological polar surface area (TPSA) is 67.6 Å². The molecule has 0 bridgehead atoms. The Bertz CT molecular complexity index is 285. The maximum absolute atomic E-state index is 11.7. The zero-order valence-electron chi connectivity index (χ0n) is 12.0. The number of amides is 1. The minimum absolute atomic E-state index is 0.214. The van der Waals surface area contributed by atoms with Crippen molar-refractivity contribution < 1.29 is 9.53 Å². The van der Waals surface area contributed by atoms with E-state index in [0.29, 0.717) is 12.6 Å². The first-order valence-corrected chi connectivity index (χ1v) is 6.83. The largest absolute Gasteiger partial charge is 0.376 e. The van der Waals surface area contributed by atoms with Gasteiger partial charge in [0.2, 0.25) is 5.91 Å². The summed E-state index contributed by atoms with van der Waals surface area (Å²) >= 11 is 0. The van der Waals surface area contributed by atoms with Crippen LogP contribution < -0.4 is 11.1 Å². The molecular weight excluding hydrogens is 230 g/mol. The van der Waals surface area contributed by atoms with Gasteiger partial charge < -0.3 is 15.8 Å². The lowest BCUT2D eigenvalue weighted by atomic mass is 9.98. The zero-order valence-corrected chi connectivity index (χ0v) is 12.0. The molecule has 1 fully saturated rings. The number of nitrogens with two attached hydrogens (primary N) is 1. The molecule has 1 aliphatic heterocycles. The maximum Gasteiger partial charge on any atom is 0.238 e. The Labute approximate surface area is 110 Å². The highest BCUT2D eigenvalue weighted by molar-refractivity contribution is 5.84. The number of nitrogens with zero attached hydrogens (tertiary/aromatic N) is 1. The molecule has 3 atom stereocenters. The van der Waals surface area contributed by atoms with Crippen LogP contribution in [0.2, 0.25) is 0 Å². The molecule has 0 spiro atoms. The lowest BCUT2D eigenvalue weighted by Gasteiger charge is -2.42. The fourth-order valence-electron chi connectivity index (χ4n) is 2.50. The van der Waals surface area contributed by atoms with Crippen LogP contribution in [0.1, 0.15) is 34.1 Å². The Balaban J connectivity index is 2.74. The molecule has 1 aliphatic rings. The summed E-state index contributed by atoms with van der Waals surface area (Å²) in [5.74, 6) is -0.293. The molecule has 5 heteroatoms. The van der Waals surface area contributed by atoms with Crippen LogP contribution in [0, 0.1) is 0 Å². The standard InChI is InChI=1S/C13H27N3O2/c1-5-11-8-18-10(3)7-16(11)9-13(4,12(14)17)15-6-2/h10-11,15H,5-9H2,1-4H3,(H2,14,17). The van der Waals surface area contributed by atoms with Gasteiger partial charge in [0, 0.05) is 19.1 Å². The highest BCUT2D eigenvalue weighted by Crippen LogP contribution is 2.18. The number of hydrogen-bond donors (Lipinski definition) is 2. The predicted molar refractivity (Wildman–Crippen MR) is 72.3 cm³/mol. The molecule has 3 N–H and O–H groups in total. The van der Waals surface area contributed by atoms with E-state index in [9.17, 15) is 4.79 Å². The average molecular weight is 257 g/mol. The Kier molecular flexibility index (Phi) is 5.56. The molecule has 3 unspecified atom stereocenters. The molecule has 106 valence electrons. The summed E-state index contributed by atoms with van der Waals surface area (Å²) < 4.78 is 5.67. The van der Waals surface area contributed by atoms with Crippen LogP contribution in [0.25, 0.3) is 0 Å². The molecule has 0 aromatic heterocycles.